The summed E-state index contributed by atoms with van der Waals surface area (Å²) in [5.74, 6) is -0.290. The molecular weight excluding hydrogens is 390 g/mol. The molecule has 6 nitrogen and oxygen atoms in total. The van der Waals surface area contributed by atoms with Crippen molar-refractivity contribution in [2.75, 3.05) is 18.4 Å². The van der Waals surface area contributed by atoms with Crippen LogP contribution in [-0.2, 0) is 9.63 Å². The Balaban J connectivity index is 1.45. The predicted molar refractivity (Wildman–Crippen MR) is 112 cm³/mol. The smallest absolute Gasteiger partial charge is 0.268 e. The third-order valence-electron chi connectivity index (χ3n) is 5.36. The number of rotatable bonds is 4. The number of carbonyl (C=O) groups is 2. The number of benzene rings is 2. The normalized spacial score (nSPS) is 18.3. The summed E-state index contributed by atoms with van der Waals surface area (Å²) in [7, 11) is 0. The molecule has 2 aliphatic heterocycles. The van der Waals surface area contributed by atoms with Crippen molar-refractivity contribution in [1.82, 2.24) is 4.90 Å². The van der Waals surface area contributed by atoms with Crippen molar-refractivity contribution in [2.24, 2.45) is 5.16 Å². The molecule has 150 valence electrons. The molecule has 0 radical (unpaired) electrons. The third kappa shape index (κ3) is 3.98. The summed E-state index contributed by atoms with van der Waals surface area (Å²) < 4.78 is 0. The number of hydrogen-bond donors (Lipinski definition) is 1. The minimum absolute atomic E-state index is 0.0116. The Morgan fingerprint density at radius 1 is 1.14 bits per heavy atom. The van der Waals surface area contributed by atoms with Gasteiger partial charge in [0.05, 0.1) is 5.71 Å². The van der Waals surface area contributed by atoms with Gasteiger partial charge in [0.2, 0.25) is 6.10 Å². The van der Waals surface area contributed by atoms with Gasteiger partial charge in [-0.25, -0.2) is 0 Å². The van der Waals surface area contributed by atoms with Crippen molar-refractivity contribution in [1.29, 1.82) is 0 Å². The van der Waals surface area contributed by atoms with E-state index >= 15 is 0 Å². The van der Waals surface area contributed by atoms with E-state index in [0.717, 1.165) is 37.1 Å². The number of nitrogens with zero attached hydrogens (tertiary/aromatic N) is 2. The zero-order chi connectivity index (χ0) is 20.4. The number of carbonyl (C=O) groups excluding carboxylic acids is 2. The highest BCUT2D eigenvalue weighted by molar-refractivity contribution is 6.34. The van der Waals surface area contributed by atoms with Gasteiger partial charge in [0, 0.05) is 41.3 Å². The van der Waals surface area contributed by atoms with Gasteiger partial charge < -0.3 is 15.1 Å². The van der Waals surface area contributed by atoms with Crippen LogP contribution in [0.2, 0.25) is 5.02 Å². The molecule has 2 aliphatic rings. The summed E-state index contributed by atoms with van der Waals surface area (Å²) in [5.41, 5.74) is 3.38. The first-order valence-electron chi connectivity index (χ1n) is 9.72. The molecule has 4 rings (SSSR count). The second-order valence-corrected chi connectivity index (χ2v) is 7.69. The molecule has 1 fully saturated rings. The molecule has 7 heteroatoms. The van der Waals surface area contributed by atoms with Crippen molar-refractivity contribution in [2.45, 2.75) is 32.3 Å². The number of likely N-dealkylation sites (tertiary alicyclic amines) is 1. The maximum atomic E-state index is 12.8. The van der Waals surface area contributed by atoms with Crippen molar-refractivity contribution < 1.29 is 14.4 Å². The Hall–Kier alpha value is -2.86. The van der Waals surface area contributed by atoms with Gasteiger partial charge in [-0.1, -0.05) is 41.0 Å². The number of anilines is 1. The van der Waals surface area contributed by atoms with Gasteiger partial charge in [-0.3, -0.25) is 9.59 Å². The van der Waals surface area contributed by atoms with Crippen molar-refractivity contribution >= 4 is 34.8 Å². The van der Waals surface area contributed by atoms with Crippen LogP contribution in [0.1, 0.15) is 40.7 Å². The van der Waals surface area contributed by atoms with Crippen LogP contribution in [0.3, 0.4) is 0 Å². The average Bonchev–Trinajstić information content (AvgIpc) is 3.42. The minimum atomic E-state index is -0.737. The first-order chi connectivity index (χ1) is 14.0. The van der Waals surface area contributed by atoms with Gasteiger partial charge >= 0.3 is 0 Å². The highest BCUT2D eigenvalue weighted by Crippen LogP contribution is 2.26. The fourth-order valence-electron chi connectivity index (χ4n) is 3.68. The lowest BCUT2D eigenvalue weighted by molar-refractivity contribution is -0.125. The molecule has 0 spiro atoms. The fraction of sp³-hybridized carbons (Fsp3) is 0.318. The molecule has 29 heavy (non-hydrogen) atoms. The van der Waals surface area contributed by atoms with Crippen LogP contribution in [0.25, 0.3) is 0 Å². The zero-order valence-electron chi connectivity index (χ0n) is 16.2. The monoisotopic (exact) mass is 411 g/mol. The average molecular weight is 412 g/mol. The Kier molecular flexibility index (Phi) is 5.53. The number of amides is 2. The molecule has 0 aliphatic carbocycles. The van der Waals surface area contributed by atoms with Gasteiger partial charge in [0.1, 0.15) is 0 Å². The Morgan fingerprint density at radius 2 is 1.90 bits per heavy atom. The van der Waals surface area contributed by atoms with Crippen LogP contribution < -0.4 is 5.32 Å². The van der Waals surface area contributed by atoms with E-state index in [4.69, 9.17) is 16.4 Å². The lowest BCUT2D eigenvalue weighted by Gasteiger charge is -2.19. The summed E-state index contributed by atoms with van der Waals surface area (Å²) >= 11 is 6.21. The van der Waals surface area contributed by atoms with Gasteiger partial charge in [0.25, 0.3) is 11.8 Å². The third-order valence-corrected chi connectivity index (χ3v) is 5.69. The van der Waals surface area contributed by atoms with Crippen LogP contribution >= 0.6 is 11.6 Å². The molecular formula is C22H22ClN3O3. The van der Waals surface area contributed by atoms with Crippen LogP contribution in [-0.4, -0.2) is 41.6 Å². The minimum Gasteiger partial charge on any atom is -0.382 e. The molecule has 0 bridgehead atoms. The molecule has 2 aromatic rings. The zero-order valence-corrected chi connectivity index (χ0v) is 16.9. The van der Waals surface area contributed by atoms with Crippen molar-refractivity contribution in [3.63, 3.8) is 0 Å². The van der Waals surface area contributed by atoms with Gasteiger partial charge in [-0.15, -0.1) is 0 Å². The van der Waals surface area contributed by atoms with Crippen LogP contribution in [0, 0.1) is 6.92 Å². The van der Waals surface area contributed by atoms with Crippen molar-refractivity contribution in [3.05, 3.63) is 64.2 Å². The Labute approximate surface area is 174 Å². The lowest BCUT2D eigenvalue weighted by Crippen LogP contribution is -2.30. The summed E-state index contributed by atoms with van der Waals surface area (Å²) in [4.78, 5) is 32.7. The first-order valence-corrected chi connectivity index (χ1v) is 10.1. The molecule has 2 heterocycles. The van der Waals surface area contributed by atoms with E-state index in [9.17, 15) is 9.59 Å². The largest absolute Gasteiger partial charge is 0.382 e. The second-order valence-electron chi connectivity index (χ2n) is 7.28. The lowest BCUT2D eigenvalue weighted by atomic mass is 10.0. The highest BCUT2D eigenvalue weighted by atomic mass is 35.5. The second kappa shape index (κ2) is 8.25. The van der Waals surface area contributed by atoms with Gasteiger partial charge in [-0.05, 0) is 43.5 Å². The molecule has 2 aromatic carbocycles. The highest BCUT2D eigenvalue weighted by Gasteiger charge is 2.30. The number of halogens is 1. The summed E-state index contributed by atoms with van der Waals surface area (Å²) in [6.07, 6.45) is 1.67. The molecule has 1 atom stereocenters. The van der Waals surface area contributed by atoms with E-state index in [0.29, 0.717) is 28.4 Å². The fourth-order valence-corrected chi connectivity index (χ4v) is 3.92. The van der Waals surface area contributed by atoms with E-state index in [1.54, 1.807) is 24.3 Å². The van der Waals surface area contributed by atoms with E-state index in [1.807, 2.05) is 30.0 Å². The van der Waals surface area contributed by atoms with Crippen molar-refractivity contribution in [3.8, 4) is 0 Å². The van der Waals surface area contributed by atoms with Crippen LogP contribution in [0.4, 0.5) is 5.69 Å². The topological polar surface area (TPSA) is 71.0 Å². The number of nitrogens with one attached hydrogen (secondary N) is 1. The summed E-state index contributed by atoms with van der Waals surface area (Å²) in [6.45, 7) is 3.42. The van der Waals surface area contributed by atoms with E-state index in [2.05, 4.69) is 10.5 Å². The molecule has 1 saturated heterocycles. The van der Waals surface area contributed by atoms with Crippen LogP contribution in [0.15, 0.2) is 47.6 Å². The maximum Gasteiger partial charge on any atom is 0.268 e. The standard InChI is InChI=1S/C22H22ClN3O3/c1-14-15(22(28)26-11-4-5-12-26)8-6-10-18(14)24-21(27)20-13-19(25-29-20)16-7-2-3-9-17(16)23/h2-3,6-10,20H,4-5,11-13H2,1H3,(H,24,27)/t20-/m0/s1. The predicted octanol–water partition coefficient (Wildman–Crippen LogP) is 4.02. The molecule has 0 saturated carbocycles. The number of hydrogen-bond acceptors (Lipinski definition) is 4. The summed E-state index contributed by atoms with van der Waals surface area (Å²) in [6, 6.07) is 12.7. The van der Waals surface area contributed by atoms with Crippen LogP contribution in [0.5, 0.6) is 0 Å². The molecule has 0 unspecified atom stereocenters. The maximum absolute atomic E-state index is 12.8. The Bertz CT molecular complexity index is 983. The summed E-state index contributed by atoms with van der Waals surface area (Å²) in [5, 5.41) is 7.49. The molecule has 2 amide bonds. The quantitative estimate of drug-likeness (QED) is 0.826. The Morgan fingerprint density at radius 3 is 2.66 bits per heavy atom. The van der Waals surface area contributed by atoms with E-state index < -0.39 is 6.10 Å². The SMILES string of the molecule is Cc1c(NC(=O)[C@@H]2CC(c3ccccc3Cl)=NO2)cccc1C(=O)N1CCCC1. The first kappa shape index (κ1) is 19.5. The molecule has 0 aromatic heterocycles. The van der Waals surface area contributed by atoms with E-state index in [-0.39, 0.29) is 11.8 Å². The van der Waals surface area contributed by atoms with Gasteiger partial charge in [0.15, 0.2) is 0 Å². The molecule has 1 N–H and O–H groups in total. The number of oxime groups is 1. The van der Waals surface area contributed by atoms with Gasteiger partial charge in [-0.2, -0.15) is 0 Å². The van der Waals surface area contributed by atoms with E-state index in [1.165, 1.54) is 0 Å².